The molecule has 0 aromatic heterocycles. The molecule has 0 radical (unpaired) electrons. The van der Waals surface area contributed by atoms with Crippen LogP contribution in [0.3, 0.4) is 0 Å². The van der Waals surface area contributed by atoms with Crippen molar-refractivity contribution in [3.8, 4) is 0 Å². The predicted molar refractivity (Wildman–Crippen MR) is 94.5 cm³/mol. The van der Waals surface area contributed by atoms with Gasteiger partial charge in [-0.3, -0.25) is 4.79 Å². The Morgan fingerprint density at radius 2 is 1.58 bits per heavy atom. The van der Waals surface area contributed by atoms with Crippen LogP contribution in [0, 0.1) is 0 Å². The van der Waals surface area contributed by atoms with E-state index in [9.17, 15) is 9.59 Å². The van der Waals surface area contributed by atoms with Gasteiger partial charge in [-0.15, -0.1) is 12.4 Å². The van der Waals surface area contributed by atoms with E-state index in [-0.39, 0.29) is 24.3 Å². The fourth-order valence-corrected chi connectivity index (χ4v) is 2.44. The molecule has 1 saturated heterocycles. The van der Waals surface area contributed by atoms with E-state index in [0.29, 0.717) is 43.5 Å². The number of rotatable bonds is 4. The Balaban J connectivity index is 0.00000208. The Kier molecular flexibility index (Phi) is 6.04. The van der Waals surface area contributed by atoms with Crippen LogP contribution in [0.4, 0.5) is 16.2 Å². The van der Waals surface area contributed by atoms with Gasteiger partial charge in [-0.05, 0) is 49.9 Å². The summed E-state index contributed by atoms with van der Waals surface area (Å²) in [6.45, 7) is 1.01. The third-order valence-corrected chi connectivity index (χ3v) is 4.15. The lowest BCUT2D eigenvalue weighted by atomic mass is 9.90. The van der Waals surface area contributed by atoms with Gasteiger partial charge >= 0.3 is 6.03 Å². The lowest BCUT2D eigenvalue weighted by Gasteiger charge is -2.31. The zero-order valence-electron chi connectivity index (χ0n) is 13.3. The highest BCUT2D eigenvalue weighted by Crippen LogP contribution is 2.22. The fourth-order valence-electron chi connectivity index (χ4n) is 2.44. The molecular formula is C16H23ClN4O3. The van der Waals surface area contributed by atoms with E-state index in [0.717, 1.165) is 12.8 Å². The first-order valence-electron chi connectivity index (χ1n) is 7.91. The highest BCUT2D eigenvalue weighted by Gasteiger charge is 2.35. The van der Waals surface area contributed by atoms with Crippen molar-refractivity contribution in [2.45, 2.75) is 37.3 Å². The summed E-state index contributed by atoms with van der Waals surface area (Å²) in [4.78, 5) is 24.0. The number of urea groups is 1. The van der Waals surface area contributed by atoms with Gasteiger partial charge in [0.1, 0.15) is 5.54 Å². The van der Waals surface area contributed by atoms with Crippen LogP contribution in [0.15, 0.2) is 24.3 Å². The van der Waals surface area contributed by atoms with E-state index in [1.807, 2.05) is 0 Å². The second kappa shape index (κ2) is 7.83. The molecule has 3 amide bonds. The van der Waals surface area contributed by atoms with Crippen LogP contribution < -0.4 is 21.7 Å². The molecule has 7 nitrogen and oxygen atoms in total. The van der Waals surface area contributed by atoms with Crippen LogP contribution >= 0.6 is 12.4 Å². The maximum absolute atomic E-state index is 12.3. The number of anilines is 2. The number of hydrogen-bond acceptors (Lipinski definition) is 4. The number of carbonyl (C=O) groups excluding carboxylic acids is 2. The van der Waals surface area contributed by atoms with Crippen LogP contribution in [0.5, 0.6) is 0 Å². The lowest BCUT2D eigenvalue weighted by Crippen LogP contribution is -2.54. The largest absolute Gasteiger partial charge is 0.381 e. The van der Waals surface area contributed by atoms with Crippen LogP contribution in [-0.4, -0.2) is 36.7 Å². The van der Waals surface area contributed by atoms with E-state index in [1.165, 1.54) is 0 Å². The lowest BCUT2D eigenvalue weighted by molar-refractivity contribution is -0.124. The summed E-state index contributed by atoms with van der Waals surface area (Å²) < 4.78 is 5.24. The van der Waals surface area contributed by atoms with Crippen molar-refractivity contribution >= 4 is 35.7 Å². The summed E-state index contributed by atoms with van der Waals surface area (Å²) in [5.74, 6) is -0.201. The molecule has 1 saturated carbocycles. The minimum absolute atomic E-state index is 0. The summed E-state index contributed by atoms with van der Waals surface area (Å²) in [5.41, 5.74) is 6.59. The van der Waals surface area contributed by atoms with Crippen molar-refractivity contribution < 1.29 is 14.3 Å². The number of halogens is 1. The van der Waals surface area contributed by atoms with Crippen LogP contribution in [0.2, 0.25) is 0 Å². The Morgan fingerprint density at radius 1 is 1.04 bits per heavy atom. The third-order valence-electron chi connectivity index (χ3n) is 4.15. The highest BCUT2D eigenvalue weighted by atomic mass is 35.5. The number of hydrogen-bond donors (Lipinski definition) is 4. The van der Waals surface area contributed by atoms with Crippen molar-refractivity contribution in [1.29, 1.82) is 0 Å². The van der Waals surface area contributed by atoms with Gasteiger partial charge in [-0.2, -0.15) is 0 Å². The highest BCUT2D eigenvalue weighted by molar-refractivity contribution is 5.98. The minimum atomic E-state index is -0.876. The fraction of sp³-hybridized carbons (Fsp3) is 0.500. The van der Waals surface area contributed by atoms with Crippen LogP contribution in [0.25, 0.3) is 0 Å². The molecule has 5 N–H and O–H groups in total. The molecular weight excluding hydrogens is 332 g/mol. The van der Waals surface area contributed by atoms with Gasteiger partial charge in [0.05, 0.1) is 0 Å². The molecule has 0 spiro atoms. The van der Waals surface area contributed by atoms with Crippen LogP contribution in [0.1, 0.15) is 25.7 Å². The predicted octanol–water partition coefficient (Wildman–Crippen LogP) is 1.84. The minimum Gasteiger partial charge on any atom is -0.381 e. The SMILES string of the molecule is Cl.NC1(C(=O)Nc2ccc(NC(=O)NC3CC3)cc2)CCOCC1. The number of benzene rings is 1. The van der Waals surface area contributed by atoms with E-state index >= 15 is 0 Å². The van der Waals surface area contributed by atoms with E-state index < -0.39 is 5.54 Å². The maximum atomic E-state index is 12.3. The number of ether oxygens (including phenoxy) is 1. The van der Waals surface area contributed by atoms with E-state index in [2.05, 4.69) is 16.0 Å². The van der Waals surface area contributed by atoms with Crippen molar-refractivity contribution in [3.63, 3.8) is 0 Å². The van der Waals surface area contributed by atoms with Crippen molar-refractivity contribution in [1.82, 2.24) is 5.32 Å². The molecule has 1 aromatic rings. The van der Waals surface area contributed by atoms with E-state index in [1.54, 1.807) is 24.3 Å². The molecule has 1 aromatic carbocycles. The maximum Gasteiger partial charge on any atom is 0.319 e. The summed E-state index contributed by atoms with van der Waals surface area (Å²) in [6.07, 6.45) is 3.12. The monoisotopic (exact) mass is 354 g/mol. The molecule has 2 aliphatic rings. The van der Waals surface area contributed by atoms with Gasteiger partial charge in [-0.1, -0.05) is 0 Å². The Morgan fingerprint density at radius 3 is 2.12 bits per heavy atom. The molecule has 132 valence electrons. The molecule has 1 heterocycles. The summed E-state index contributed by atoms with van der Waals surface area (Å²) >= 11 is 0. The molecule has 2 fully saturated rings. The quantitative estimate of drug-likeness (QED) is 0.662. The summed E-state index contributed by atoms with van der Waals surface area (Å²) in [7, 11) is 0. The van der Waals surface area contributed by atoms with Crippen molar-refractivity contribution in [3.05, 3.63) is 24.3 Å². The summed E-state index contributed by atoms with van der Waals surface area (Å²) in [6, 6.07) is 7.09. The van der Waals surface area contributed by atoms with Crippen molar-refractivity contribution in [2.24, 2.45) is 5.73 Å². The first-order chi connectivity index (χ1) is 11.0. The number of nitrogens with one attached hydrogen (secondary N) is 3. The molecule has 1 aliphatic carbocycles. The van der Waals surface area contributed by atoms with Crippen molar-refractivity contribution in [2.75, 3.05) is 23.8 Å². The van der Waals surface area contributed by atoms with Gasteiger partial charge in [0.25, 0.3) is 0 Å². The Labute approximate surface area is 147 Å². The second-order valence-corrected chi connectivity index (χ2v) is 6.17. The number of nitrogens with two attached hydrogens (primary N) is 1. The number of amides is 3. The smallest absolute Gasteiger partial charge is 0.319 e. The Bertz CT molecular complexity index is 583. The third kappa shape index (κ3) is 4.83. The van der Waals surface area contributed by atoms with Crippen LogP contribution in [-0.2, 0) is 9.53 Å². The average Bonchev–Trinajstić information content (AvgIpc) is 3.34. The topological polar surface area (TPSA) is 105 Å². The average molecular weight is 355 g/mol. The van der Waals surface area contributed by atoms with Gasteiger partial charge in [0, 0.05) is 30.6 Å². The van der Waals surface area contributed by atoms with Gasteiger partial charge in [0.2, 0.25) is 5.91 Å². The van der Waals surface area contributed by atoms with Gasteiger partial charge in [-0.25, -0.2) is 4.79 Å². The first-order valence-corrected chi connectivity index (χ1v) is 7.91. The second-order valence-electron chi connectivity index (χ2n) is 6.17. The summed E-state index contributed by atoms with van der Waals surface area (Å²) in [5, 5.41) is 8.44. The zero-order valence-corrected chi connectivity index (χ0v) is 14.2. The molecule has 3 rings (SSSR count). The molecule has 0 bridgehead atoms. The Hall–Kier alpha value is -1.83. The zero-order chi connectivity index (χ0) is 16.3. The van der Waals surface area contributed by atoms with Gasteiger partial charge < -0.3 is 26.4 Å². The molecule has 0 unspecified atom stereocenters. The molecule has 8 heteroatoms. The standard InChI is InChI=1S/C16H22N4O3.ClH/c17-16(7-9-23-10-8-16)14(21)18-11-1-3-12(4-2-11)19-15(22)20-13-5-6-13;/h1-4,13H,5-10,17H2,(H,18,21)(H2,19,20,22);1H. The molecule has 24 heavy (non-hydrogen) atoms. The van der Waals surface area contributed by atoms with E-state index in [4.69, 9.17) is 10.5 Å². The normalized spacial score (nSPS) is 18.9. The molecule has 1 aliphatic heterocycles. The first kappa shape index (κ1) is 18.5. The number of carbonyl (C=O) groups is 2. The van der Waals surface area contributed by atoms with Gasteiger partial charge in [0.15, 0.2) is 0 Å². The molecule has 0 atom stereocenters.